The molecule has 0 saturated heterocycles. The van der Waals surface area contributed by atoms with Crippen molar-refractivity contribution in [2.24, 2.45) is 0 Å². The van der Waals surface area contributed by atoms with Gasteiger partial charge >= 0.3 is 0 Å². The fourth-order valence-corrected chi connectivity index (χ4v) is 3.08. The Morgan fingerprint density at radius 1 is 1.19 bits per heavy atom. The molecular formula is C21H23ClN4O. The summed E-state index contributed by atoms with van der Waals surface area (Å²) in [5, 5.41) is 5.12. The van der Waals surface area contributed by atoms with E-state index in [0.29, 0.717) is 17.1 Å². The van der Waals surface area contributed by atoms with E-state index < -0.39 is 0 Å². The summed E-state index contributed by atoms with van der Waals surface area (Å²) < 4.78 is 1.79. The number of hydrogen-bond donors (Lipinski definition) is 0. The summed E-state index contributed by atoms with van der Waals surface area (Å²) in [6.07, 6.45) is 3.52. The molecule has 0 atom stereocenters. The van der Waals surface area contributed by atoms with Crippen molar-refractivity contribution >= 4 is 17.5 Å². The molecule has 3 aromatic rings. The zero-order valence-electron chi connectivity index (χ0n) is 16.0. The molecule has 0 saturated carbocycles. The van der Waals surface area contributed by atoms with Crippen molar-refractivity contribution in [1.82, 2.24) is 19.7 Å². The highest BCUT2D eigenvalue weighted by atomic mass is 35.5. The SMILES string of the molecule is Cc1nn(-c2ccc(C(=O)N(Cc3cccnc3)C(C)C)cc2)c(C)c1Cl. The molecule has 3 rings (SSSR count). The maximum absolute atomic E-state index is 13.0. The Bertz CT molecular complexity index is 933. The molecule has 0 aliphatic rings. The number of amides is 1. The lowest BCUT2D eigenvalue weighted by atomic mass is 10.1. The molecule has 2 heterocycles. The standard InChI is InChI=1S/C21H23ClN4O/c1-14(2)25(13-17-6-5-11-23-12-17)21(27)18-7-9-19(10-8-18)26-16(4)20(22)15(3)24-26/h5-12,14H,13H2,1-4H3. The van der Waals surface area contributed by atoms with Crippen LogP contribution >= 0.6 is 11.6 Å². The Hall–Kier alpha value is -2.66. The van der Waals surface area contributed by atoms with E-state index in [1.54, 1.807) is 17.1 Å². The average Bonchev–Trinajstić information content (AvgIpc) is 2.93. The van der Waals surface area contributed by atoms with Crippen molar-refractivity contribution in [2.75, 3.05) is 0 Å². The van der Waals surface area contributed by atoms with Gasteiger partial charge < -0.3 is 4.90 Å². The smallest absolute Gasteiger partial charge is 0.254 e. The van der Waals surface area contributed by atoms with Gasteiger partial charge in [0.15, 0.2) is 0 Å². The van der Waals surface area contributed by atoms with Crippen molar-refractivity contribution in [3.8, 4) is 5.69 Å². The van der Waals surface area contributed by atoms with Crippen LogP contribution in [0.25, 0.3) is 5.69 Å². The molecule has 27 heavy (non-hydrogen) atoms. The molecule has 0 radical (unpaired) electrons. The van der Waals surface area contributed by atoms with Crippen molar-refractivity contribution in [3.63, 3.8) is 0 Å². The molecule has 0 spiro atoms. The summed E-state index contributed by atoms with van der Waals surface area (Å²) in [4.78, 5) is 19.0. The van der Waals surface area contributed by atoms with Crippen LogP contribution in [0.3, 0.4) is 0 Å². The third kappa shape index (κ3) is 4.03. The molecule has 0 N–H and O–H groups in total. The van der Waals surface area contributed by atoms with Gasteiger partial charge in [-0.25, -0.2) is 4.68 Å². The quantitative estimate of drug-likeness (QED) is 0.648. The van der Waals surface area contributed by atoms with Gasteiger partial charge in [-0.3, -0.25) is 9.78 Å². The highest BCUT2D eigenvalue weighted by Gasteiger charge is 2.19. The molecule has 0 aliphatic carbocycles. The summed E-state index contributed by atoms with van der Waals surface area (Å²) in [6.45, 7) is 8.36. The van der Waals surface area contributed by atoms with Crippen LogP contribution in [0.4, 0.5) is 0 Å². The van der Waals surface area contributed by atoms with Crippen molar-refractivity contribution < 1.29 is 4.79 Å². The fourth-order valence-electron chi connectivity index (χ4n) is 2.96. The van der Waals surface area contributed by atoms with Crippen LogP contribution in [0.1, 0.15) is 41.2 Å². The van der Waals surface area contributed by atoms with E-state index >= 15 is 0 Å². The molecule has 0 aliphatic heterocycles. The maximum Gasteiger partial charge on any atom is 0.254 e. The van der Waals surface area contributed by atoms with Crippen molar-refractivity contribution in [2.45, 2.75) is 40.3 Å². The van der Waals surface area contributed by atoms with Crippen molar-refractivity contribution in [1.29, 1.82) is 0 Å². The average molecular weight is 383 g/mol. The second-order valence-corrected chi connectivity index (χ2v) is 7.21. The second-order valence-electron chi connectivity index (χ2n) is 6.83. The van der Waals surface area contributed by atoms with Crippen LogP contribution in [-0.2, 0) is 6.54 Å². The number of carbonyl (C=O) groups is 1. The summed E-state index contributed by atoms with van der Waals surface area (Å²) in [5.74, 6) is -0.00759. The number of hydrogen-bond acceptors (Lipinski definition) is 3. The largest absolute Gasteiger partial charge is 0.332 e. The number of benzene rings is 1. The molecule has 6 heteroatoms. The van der Waals surface area contributed by atoms with Crippen LogP contribution in [-0.4, -0.2) is 31.6 Å². The number of pyridine rings is 1. The summed E-state index contributed by atoms with van der Waals surface area (Å²) in [6, 6.07) is 11.4. The first-order valence-corrected chi connectivity index (χ1v) is 9.28. The predicted octanol–water partition coefficient (Wildman–Crippen LogP) is 4.59. The molecule has 2 aromatic heterocycles. The van der Waals surface area contributed by atoms with Crippen LogP contribution in [0.2, 0.25) is 5.02 Å². The summed E-state index contributed by atoms with van der Waals surface area (Å²) >= 11 is 6.23. The number of nitrogens with zero attached hydrogens (tertiary/aromatic N) is 4. The van der Waals surface area contributed by atoms with Crippen LogP contribution < -0.4 is 0 Å². The van der Waals surface area contributed by atoms with E-state index in [4.69, 9.17) is 11.6 Å². The van der Waals surface area contributed by atoms with Gasteiger partial charge in [-0.2, -0.15) is 5.10 Å². The van der Waals surface area contributed by atoms with Gasteiger partial charge in [0.1, 0.15) is 0 Å². The molecule has 5 nitrogen and oxygen atoms in total. The monoisotopic (exact) mass is 382 g/mol. The van der Waals surface area contributed by atoms with Crippen molar-refractivity contribution in [3.05, 3.63) is 76.3 Å². The van der Waals surface area contributed by atoms with E-state index in [0.717, 1.165) is 22.6 Å². The third-order valence-electron chi connectivity index (χ3n) is 4.52. The Morgan fingerprint density at radius 2 is 1.89 bits per heavy atom. The normalized spacial score (nSPS) is 11.0. The topological polar surface area (TPSA) is 51.0 Å². The second kappa shape index (κ2) is 7.92. The van der Waals surface area contributed by atoms with E-state index in [-0.39, 0.29) is 11.9 Å². The zero-order chi connectivity index (χ0) is 19.6. The van der Waals surface area contributed by atoms with Gasteiger partial charge in [0, 0.05) is 30.5 Å². The minimum atomic E-state index is -0.00759. The summed E-state index contributed by atoms with van der Waals surface area (Å²) in [5.41, 5.74) is 4.20. The number of halogens is 1. The molecular weight excluding hydrogens is 360 g/mol. The minimum Gasteiger partial charge on any atom is -0.332 e. The Morgan fingerprint density at radius 3 is 2.41 bits per heavy atom. The molecule has 1 aromatic carbocycles. The molecule has 140 valence electrons. The Balaban J connectivity index is 1.84. The lowest BCUT2D eigenvalue weighted by Crippen LogP contribution is -2.36. The highest BCUT2D eigenvalue weighted by molar-refractivity contribution is 6.31. The molecule has 0 fully saturated rings. The van der Waals surface area contributed by atoms with E-state index in [2.05, 4.69) is 10.1 Å². The summed E-state index contributed by atoms with van der Waals surface area (Å²) in [7, 11) is 0. The van der Waals surface area contributed by atoms with E-state index in [1.807, 2.05) is 69.0 Å². The van der Waals surface area contributed by atoms with E-state index in [1.165, 1.54) is 0 Å². The third-order valence-corrected chi connectivity index (χ3v) is 5.07. The molecule has 1 amide bonds. The molecule has 0 unspecified atom stereocenters. The maximum atomic E-state index is 13.0. The lowest BCUT2D eigenvalue weighted by molar-refractivity contribution is 0.0690. The van der Waals surface area contributed by atoms with Gasteiger partial charge in [-0.15, -0.1) is 0 Å². The first-order valence-electron chi connectivity index (χ1n) is 8.90. The first kappa shape index (κ1) is 19.1. The number of carbonyl (C=O) groups excluding carboxylic acids is 1. The zero-order valence-corrected chi connectivity index (χ0v) is 16.7. The van der Waals surface area contributed by atoms with E-state index in [9.17, 15) is 4.79 Å². The van der Waals surface area contributed by atoms with Crippen LogP contribution in [0.15, 0.2) is 48.8 Å². The van der Waals surface area contributed by atoms with Gasteiger partial charge in [0.25, 0.3) is 5.91 Å². The number of rotatable bonds is 5. The van der Waals surface area contributed by atoms with Gasteiger partial charge in [0.05, 0.1) is 22.1 Å². The fraction of sp³-hybridized carbons (Fsp3) is 0.286. The Labute approximate surface area is 164 Å². The number of aryl methyl sites for hydroxylation is 1. The van der Waals surface area contributed by atoms with Crippen LogP contribution in [0.5, 0.6) is 0 Å². The van der Waals surface area contributed by atoms with Gasteiger partial charge in [-0.05, 0) is 63.6 Å². The van der Waals surface area contributed by atoms with Gasteiger partial charge in [0.2, 0.25) is 0 Å². The Kier molecular flexibility index (Phi) is 5.61. The first-order chi connectivity index (χ1) is 12.9. The number of aromatic nitrogens is 3. The minimum absolute atomic E-state index is 0.00759. The predicted molar refractivity (Wildman–Crippen MR) is 107 cm³/mol. The van der Waals surface area contributed by atoms with Crippen LogP contribution in [0, 0.1) is 13.8 Å². The highest BCUT2D eigenvalue weighted by Crippen LogP contribution is 2.23. The lowest BCUT2D eigenvalue weighted by Gasteiger charge is -2.27. The van der Waals surface area contributed by atoms with Gasteiger partial charge in [-0.1, -0.05) is 17.7 Å². The molecule has 0 bridgehead atoms.